The van der Waals surface area contributed by atoms with Gasteiger partial charge in [0.05, 0.1) is 24.5 Å². The number of amides is 1. The molecule has 1 aromatic heterocycles. The molecule has 1 aliphatic heterocycles. The van der Waals surface area contributed by atoms with E-state index in [1.807, 2.05) is 6.92 Å². The summed E-state index contributed by atoms with van der Waals surface area (Å²) < 4.78 is 13.7. The van der Waals surface area contributed by atoms with Crippen LogP contribution in [-0.2, 0) is 0 Å². The summed E-state index contributed by atoms with van der Waals surface area (Å²) in [4.78, 5) is 17.6. The van der Waals surface area contributed by atoms with E-state index in [1.54, 1.807) is 0 Å². The molecule has 1 amide bonds. The van der Waals surface area contributed by atoms with E-state index < -0.39 is 23.2 Å². The van der Waals surface area contributed by atoms with E-state index in [-0.39, 0.29) is 18.7 Å². The topological polar surface area (TPSA) is 73.7 Å². The Morgan fingerprint density at radius 1 is 1.62 bits per heavy atom. The van der Waals surface area contributed by atoms with Crippen molar-refractivity contribution < 1.29 is 19.4 Å². The van der Waals surface area contributed by atoms with E-state index in [0.717, 1.165) is 12.6 Å². The van der Waals surface area contributed by atoms with Crippen LogP contribution in [0.25, 0.3) is 0 Å². The summed E-state index contributed by atoms with van der Waals surface area (Å²) in [6.45, 7) is 2.37. The minimum atomic E-state index is -0.716. The molecule has 0 aromatic carbocycles. The van der Waals surface area contributed by atoms with Gasteiger partial charge < -0.3 is 15.1 Å². The minimum absolute atomic E-state index is 0.0234. The average Bonchev–Trinajstić information content (AvgIpc) is 2.49. The maximum absolute atomic E-state index is 13.7. The highest BCUT2D eigenvalue weighted by molar-refractivity contribution is 5.94. The second-order valence-corrected chi connectivity index (χ2v) is 5.66. The van der Waals surface area contributed by atoms with Crippen LogP contribution in [0.1, 0.15) is 36.5 Å². The molecule has 6 heteroatoms. The van der Waals surface area contributed by atoms with Crippen LogP contribution in [-0.4, -0.2) is 51.8 Å². The fraction of sp³-hybridized carbons (Fsp3) is 0.600. The highest BCUT2D eigenvalue weighted by Gasteiger charge is 2.43. The Balaban J connectivity index is 2.21. The molecule has 5 nitrogen and oxygen atoms in total. The van der Waals surface area contributed by atoms with Gasteiger partial charge in [0.2, 0.25) is 0 Å². The molecule has 0 aliphatic carbocycles. The number of piperidine rings is 1. The van der Waals surface area contributed by atoms with Crippen molar-refractivity contribution in [3.63, 3.8) is 0 Å². The number of aliphatic hydroxyl groups excluding tert-OH is 2. The Morgan fingerprint density at radius 2 is 2.38 bits per heavy atom. The Bertz CT molecular complexity index is 511. The molecule has 21 heavy (non-hydrogen) atoms. The highest BCUT2D eigenvalue weighted by atomic mass is 19.1. The minimum Gasteiger partial charge on any atom is -0.396 e. The Labute approximate surface area is 123 Å². The number of carbonyl (C=O) groups excluding carboxylic acids is 1. The third-order valence-electron chi connectivity index (χ3n) is 4.24. The van der Waals surface area contributed by atoms with Gasteiger partial charge in [0, 0.05) is 24.7 Å². The van der Waals surface area contributed by atoms with Gasteiger partial charge in [0.1, 0.15) is 0 Å². The van der Waals surface area contributed by atoms with Gasteiger partial charge in [0.25, 0.3) is 5.91 Å². The van der Waals surface area contributed by atoms with Crippen molar-refractivity contribution in [3.05, 3.63) is 29.8 Å². The Morgan fingerprint density at radius 3 is 3.00 bits per heavy atom. The van der Waals surface area contributed by atoms with Crippen LogP contribution in [0.15, 0.2) is 18.5 Å². The van der Waals surface area contributed by atoms with E-state index in [1.165, 1.54) is 17.2 Å². The lowest BCUT2D eigenvalue weighted by Gasteiger charge is -2.45. The second kappa shape index (κ2) is 6.49. The van der Waals surface area contributed by atoms with E-state index >= 15 is 0 Å². The van der Waals surface area contributed by atoms with Crippen molar-refractivity contribution in [1.82, 2.24) is 9.88 Å². The van der Waals surface area contributed by atoms with Crippen molar-refractivity contribution in [1.29, 1.82) is 0 Å². The van der Waals surface area contributed by atoms with Crippen LogP contribution in [0.4, 0.5) is 4.39 Å². The molecule has 0 spiro atoms. The summed E-state index contributed by atoms with van der Waals surface area (Å²) in [6, 6.07) is 1.35. The summed E-state index contributed by atoms with van der Waals surface area (Å²) in [5.74, 6) is -1.07. The van der Waals surface area contributed by atoms with Gasteiger partial charge in [0.15, 0.2) is 5.82 Å². The molecular formula is C15H21FN2O3. The molecule has 2 rings (SSSR count). The smallest absolute Gasteiger partial charge is 0.256 e. The lowest BCUT2D eigenvalue weighted by Crippen LogP contribution is -2.55. The molecule has 0 bridgehead atoms. The van der Waals surface area contributed by atoms with Gasteiger partial charge in [-0.1, -0.05) is 13.3 Å². The van der Waals surface area contributed by atoms with Crippen molar-refractivity contribution in [2.24, 2.45) is 5.41 Å². The lowest BCUT2D eigenvalue weighted by atomic mass is 9.74. The van der Waals surface area contributed by atoms with Crippen LogP contribution in [0.3, 0.4) is 0 Å². The third kappa shape index (κ3) is 3.06. The molecule has 1 fully saturated rings. The number of hydrogen-bond donors (Lipinski definition) is 2. The largest absolute Gasteiger partial charge is 0.396 e. The van der Waals surface area contributed by atoms with E-state index in [2.05, 4.69) is 4.98 Å². The number of likely N-dealkylation sites (tertiary alicyclic amines) is 1. The number of hydrogen-bond acceptors (Lipinski definition) is 4. The quantitative estimate of drug-likeness (QED) is 0.876. The fourth-order valence-corrected chi connectivity index (χ4v) is 3.02. The predicted octanol–water partition coefficient (Wildman–Crippen LogP) is 1.21. The zero-order valence-corrected chi connectivity index (χ0v) is 12.1. The number of carbonyl (C=O) groups is 1. The van der Waals surface area contributed by atoms with Gasteiger partial charge in [-0.05, 0) is 18.9 Å². The summed E-state index contributed by atoms with van der Waals surface area (Å²) >= 11 is 0. The summed E-state index contributed by atoms with van der Waals surface area (Å²) in [6.07, 6.45) is 3.54. The van der Waals surface area contributed by atoms with E-state index in [9.17, 15) is 19.4 Å². The highest BCUT2D eigenvalue weighted by Crippen LogP contribution is 2.35. The van der Waals surface area contributed by atoms with Gasteiger partial charge in [-0.15, -0.1) is 0 Å². The first-order chi connectivity index (χ1) is 10.0. The third-order valence-corrected chi connectivity index (χ3v) is 4.24. The van der Waals surface area contributed by atoms with Gasteiger partial charge in [-0.25, -0.2) is 4.39 Å². The normalized spacial score (nSPS) is 25.9. The van der Waals surface area contributed by atoms with Crippen LogP contribution in [0, 0.1) is 11.2 Å². The first kappa shape index (κ1) is 15.9. The molecule has 1 aromatic rings. The number of nitrogens with zero attached hydrogens (tertiary/aromatic N) is 2. The first-order valence-electron chi connectivity index (χ1n) is 7.22. The molecule has 116 valence electrons. The summed E-state index contributed by atoms with van der Waals surface area (Å²) in [5, 5.41) is 19.9. The van der Waals surface area contributed by atoms with Gasteiger partial charge in [-0.2, -0.15) is 0 Å². The second-order valence-electron chi connectivity index (χ2n) is 5.66. The van der Waals surface area contributed by atoms with Crippen LogP contribution in [0.2, 0.25) is 0 Å². The zero-order chi connectivity index (χ0) is 15.5. The number of pyridine rings is 1. The number of rotatable bonds is 4. The lowest BCUT2D eigenvalue weighted by molar-refractivity contribution is -0.0720. The molecule has 0 saturated carbocycles. The van der Waals surface area contributed by atoms with Crippen LogP contribution >= 0.6 is 0 Å². The molecule has 0 unspecified atom stereocenters. The standard InChI is InChI=1S/C15H21FN2O3/c1-2-5-15(10-19)9-18(7-4-13(15)20)14(21)11-3-6-17-8-12(11)16/h3,6,8,13,19-20H,2,4-5,7,9-10H2,1H3/t13-,15-/m0/s1. The molecule has 1 aliphatic rings. The van der Waals surface area contributed by atoms with Gasteiger partial charge in [-0.3, -0.25) is 9.78 Å². The van der Waals surface area contributed by atoms with E-state index in [0.29, 0.717) is 19.4 Å². The zero-order valence-electron chi connectivity index (χ0n) is 12.1. The maximum atomic E-state index is 13.7. The molecule has 0 radical (unpaired) electrons. The predicted molar refractivity (Wildman–Crippen MR) is 75.1 cm³/mol. The molecule has 2 heterocycles. The molecule has 2 N–H and O–H groups in total. The van der Waals surface area contributed by atoms with Gasteiger partial charge >= 0.3 is 0 Å². The number of aromatic nitrogens is 1. The van der Waals surface area contributed by atoms with E-state index in [4.69, 9.17) is 0 Å². The molecular weight excluding hydrogens is 275 g/mol. The van der Waals surface area contributed by atoms with Crippen molar-refractivity contribution in [2.45, 2.75) is 32.3 Å². The fourth-order valence-electron chi connectivity index (χ4n) is 3.02. The van der Waals surface area contributed by atoms with Crippen molar-refractivity contribution in [2.75, 3.05) is 19.7 Å². The number of aliphatic hydroxyl groups is 2. The average molecular weight is 296 g/mol. The Hall–Kier alpha value is -1.53. The van der Waals surface area contributed by atoms with Crippen molar-refractivity contribution >= 4 is 5.91 Å². The van der Waals surface area contributed by atoms with Crippen LogP contribution in [0.5, 0.6) is 0 Å². The molecule has 2 atom stereocenters. The van der Waals surface area contributed by atoms with Crippen molar-refractivity contribution in [3.8, 4) is 0 Å². The summed E-state index contributed by atoms with van der Waals surface area (Å²) in [7, 11) is 0. The SMILES string of the molecule is CCC[C@@]1(CO)CN(C(=O)c2ccncc2F)CC[C@@H]1O. The summed E-state index contributed by atoms with van der Waals surface area (Å²) in [5.41, 5.74) is -0.740. The first-order valence-corrected chi connectivity index (χ1v) is 7.22. The Kier molecular flexibility index (Phi) is 4.90. The number of halogens is 1. The monoisotopic (exact) mass is 296 g/mol. The maximum Gasteiger partial charge on any atom is 0.256 e. The molecule has 1 saturated heterocycles. The van der Waals surface area contributed by atoms with Crippen LogP contribution < -0.4 is 0 Å².